The molecule has 2 heteroatoms. The number of hydrogen-bond acceptors (Lipinski definition) is 2. The van der Waals surface area contributed by atoms with Gasteiger partial charge >= 0.3 is 0 Å². The van der Waals surface area contributed by atoms with Crippen LogP contribution >= 0.6 is 0 Å². The van der Waals surface area contributed by atoms with Gasteiger partial charge in [-0.25, -0.2) is 0 Å². The topological polar surface area (TPSA) is 40.5 Å². The maximum atomic E-state index is 9.63. The van der Waals surface area contributed by atoms with Crippen molar-refractivity contribution in [3.05, 3.63) is 0 Å². The zero-order valence-corrected chi connectivity index (χ0v) is 7.71. The first-order chi connectivity index (χ1) is 5.52. The first-order valence-electron chi connectivity index (χ1n) is 4.92. The molecule has 70 valence electrons. The number of aliphatic hydroxyl groups is 2. The molecule has 0 bridgehead atoms. The standard InChI is InChI=1S/C10H18O2/c1-9(12)6-10(7-9)4-2-8(11)3-5-10/h8,11-12H,2-7H2,1H3. The lowest BCUT2D eigenvalue weighted by molar-refractivity contribution is -0.139. The normalized spacial score (nSPS) is 53.8. The molecule has 0 amide bonds. The molecule has 2 saturated carbocycles. The molecule has 0 heterocycles. The van der Waals surface area contributed by atoms with Crippen molar-refractivity contribution in [1.82, 2.24) is 0 Å². The van der Waals surface area contributed by atoms with Crippen LogP contribution in [0.2, 0.25) is 0 Å². The van der Waals surface area contributed by atoms with Gasteiger partial charge in [-0.2, -0.15) is 0 Å². The lowest BCUT2D eigenvalue weighted by atomic mass is 9.54. The van der Waals surface area contributed by atoms with Crippen LogP contribution in [0.4, 0.5) is 0 Å². The van der Waals surface area contributed by atoms with E-state index in [0.717, 1.165) is 38.5 Å². The van der Waals surface area contributed by atoms with Crippen LogP contribution in [0.1, 0.15) is 45.4 Å². The SMILES string of the molecule is CC1(O)CC2(CCC(O)CC2)C1. The van der Waals surface area contributed by atoms with Crippen molar-refractivity contribution in [2.45, 2.75) is 57.2 Å². The number of rotatable bonds is 0. The van der Waals surface area contributed by atoms with Crippen molar-refractivity contribution >= 4 is 0 Å². The zero-order valence-electron chi connectivity index (χ0n) is 7.71. The van der Waals surface area contributed by atoms with Gasteiger partial charge in [0.2, 0.25) is 0 Å². The van der Waals surface area contributed by atoms with Crippen LogP contribution in [-0.2, 0) is 0 Å². The molecule has 0 aromatic carbocycles. The van der Waals surface area contributed by atoms with Crippen LogP contribution in [0.3, 0.4) is 0 Å². The summed E-state index contributed by atoms with van der Waals surface area (Å²) in [5.74, 6) is 0. The minimum absolute atomic E-state index is 0.0684. The molecule has 0 unspecified atom stereocenters. The molecule has 2 aliphatic carbocycles. The van der Waals surface area contributed by atoms with Crippen LogP contribution in [0.15, 0.2) is 0 Å². The Labute approximate surface area is 73.6 Å². The van der Waals surface area contributed by atoms with E-state index < -0.39 is 5.60 Å². The molecule has 2 aliphatic rings. The highest BCUT2D eigenvalue weighted by molar-refractivity contribution is 5.03. The summed E-state index contributed by atoms with van der Waals surface area (Å²) in [4.78, 5) is 0. The maximum absolute atomic E-state index is 9.63. The van der Waals surface area contributed by atoms with Gasteiger partial charge in [0.15, 0.2) is 0 Å². The van der Waals surface area contributed by atoms with Gasteiger partial charge in [-0.15, -0.1) is 0 Å². The molecule has 0 aliphatic heterocycles. The fraction of sp³-hybridized carbons (Fsp3) is 1.00. The Bertz CT molecular complexity index is 168. The summed E-state index contributed by atoms with van der Waals surface area (Å²) < 4.78 is 0. The molecule has 0 atom stereocenters. The van der Waals surface area contributed by atoms with E-state index in [0.29, 0.717) is 5.41 Å². The van der Waals surface area contributed by atoms with Gasteiger partial charge < -0.3 is 10.2 Å². The molecule has 0 aromatic heterocycles. The smallest absolute Gasteiger partial charge is 0.0630 e. The molecule has 12 heavy (non-hydrogen) atoms. The van der Waals surface area contributed by atoms with E-state index in [2.05, 4.69) is 0 Å². The van der Waals surface area contributed by atoms with Gasteiger partial charge in [-0.05, 0) is 50.9 Å². The van der Waals surface area contributed by atoms with Gasteiger partial charge in [0.1, 0.15) is 0 Å². The second-order valence-corrected chi connectivity index (χ2v) is 5.08. The van der Waals surface area contributed by atoms with E-state index in [1.165, 1.54) is 0 Å². The van der Waals surface area contributed by atoms with E-state index in [9.17, 15) is 10.2 Å². The highest BCUT2D eigenvalue weighted by Gasteiger charge is 2.51. The molecule has 0 aromatic rings. The second kappa shape index (κ2) is 2.46. The molecule has 2 nitrogen and oxygen atoms in total. The van der Waals surface area contributed by atoms with Gasteiger partial charge in [-0.1, -0.05) is 0 Å². The number of hydrogen-bond donors (Lipinski definition) is 2. The van der Waals surface area contributed by atoms with E-state index in [4.69, 9.17) is 0 Å². The molecule has 2 fully saturated rings. The Morgan fingerprint density at radius 2 is 1.67 bits per heavy atom. The molecule has 1 spiro atoms. The fourth-order valence-electron chi connectivity index (χ4n) is 3.13. The third kappa shape index (κ3) is 1.38. The maximum Gasteiger partial charge on any atom is 0.0630 e. The summed E-state index contributed by atoms with van der Waals surface area (Å²) in [7, 11) is 0. The number of aliphatic hydroxyl groups excluding tert-OH is 1. The minimum Gasteiger partial charge on any atom is -0.393 e. The lowest BCUT2D eigenvalue weighted by Gasteiger charge is -2.54. The van der Waals surface area contributed by atoms with Crippen molar-refractivity contribution in [2.75, 3.05) is 0 Å². The lowest BCUT2D eigenvalue weighted by Crippen LogP contribution is -2.51. The van der Waals surface area contributed by atoms with Crippen molar-refractivity contribution in [3.63, 3.8) is 0 Å². The quantitative estimate of drug-likeness (QED) is 0.577. The molecular formula is C10H18O2. The van der Waals surface area contributed by atoms with E-state index in [1.807, 2.05) is 6.92 Å². The average molecular weight is 170 g/mol. The summed E-state index contributed by atoms with van der Waals surface area (Å²) in [6.07, 6.45) is 5.95. The predicted molar refractivity (Wildman–Crippen MR) is 46.8 cm³/mol. The molecule has 2 rings (SSSR count). The predicted octanol–water partition coefficient (Wildman–Crippen LogP) is 1.45. The van der Waals surface area contributed by atoms with E-state index in [-0.39, 0.29) is 6.10 Å². The van der Waals surface area contributed by atoms with Crippen molar-refractivity contribution < 1.29 is 10.2 Å². The minimum atomic E-state index is -0.401. The molecular weight excluding hydrogens is 152 g/mol. The molecule has 0 saturated heterocycles. The second-order valence-electron chi connectivity index (χ2n) is 5.08. The van der Waals surface area contributed by atoms with Crippen LogP contribution in [0.5, 0.6) is 0 Å². The summed E-state index contributed by atoms with van der Waals surface area (Å²) >= 11 is 0. The Hall–Kier alpha value is -0.0800. The average Bonchev–Trinajstić information content (AvgIpc) is 1.91. The summed E-state index contributed by atoms with van der Waals surface area (Å²) in [5, 5.41) is 19.0. The Morgan fingerprint density at radius 3 is 2.08 bits per heavy atom. The zero-order chi connectivity index (χ0) is 8.82. The first kappa shape index (κ1) is 8.52. The highest BCUT2D eigenvalue weighted by atomic mass is 16.3. The Kier molecular flexibility index (Phi) is 1.74. The largest absolute Gasteiger partial charge is 0.393 e. The van der Waals surface area contributed by atoms with Crippen LogP contribution in [-0.4, -0.2) is 21.9 Å². The van der Waals surface area contributed by atoms with Gasteiger partial charge in [0.25, 0.3) is 0 Å². The van der Waals surface area contributed by atoms with Gasteiger partial charge in [-0.3, -0.25) is 0 Å². The fourth-order valence-corrected chi connectivity index (χ4v) is 3.13. The third-order valence-corrected chi connectivity index (χ3v) is 3.53. The first-order valence-corrected chi connectivity index (χ1v) is 4.92. The van der Waals surface area contributed by atoms with Crippen LogP contribution < -0.4 is 0 Å². The van der Waals surface area contributed by atoms with Crippen molar-refractivity contribution in [1.29, 1.82) is 0 Å². The summed E-state index contributed by atoms with van der Waals surface area (Å²) in [6, 6.07) is 0. The van der Waals surface area contributed by atoms with Gasteiger partial charge in [0.05, 0.1) is 11.7 Å². The van der Waals surface area contributed by atoms with Gasteiger partial charge in [0, 0.05) is 0 Å². The van der Waals surface area contributed by atoms with Crippen LogP contribution in [0.25, 0.3) is 0 Å². The monoisotopic (exact) mass is 170 g/mol. The third-order valence-electron chi connectivity index (χ3n) is 3.53. The van der Waals surface area contributed by atoms with Crippen LogP contribution in [0, 0.1) is 5.41 Å². The summed E-state index contributed by atoms with van der Waals surface area (Å²) in [6.45, 7) is 1.92. The Morgan fingerprint density at radius 1 is 1.17 bits per heavy atom. The van der Waals surface area contributed by atoms with E-state index in [1.54, 1.807) is 0 Å². The highest BCUT2D eigenvalue weighted by Crippen LogP contribution is 2.56. The Balaban J connectivity index is 1.91. The summed E-state index contributed by atoms with van der Waals surface area (Å²) in [5.41, 5.74) is 0.00498. The van der Waals surface area contributed by atoms with Crippen molar-refractivity contribution in [2.24, 2.45) is 5.41 Å². The van der Waals surface area contributed by atoms with Crippen molar-refractivity contribution in [3.8, 4) is 0 Å². The molecule has 2 N–H and O–H groups in total. The van der Waals surface area contributed by atoms with E-state index >= 15 is 0 Å². The molecule has 0 radical (unpaired) electrons.